The number of fused-ring (bicyclic) bond motifs is 1. The fourth-order valence-corrected chi connectivity index (χ4v) is 3.39. The Balaban J connectivity index is 1.62. The molecule has 0 spiro atoms. The number of phenols is 2. The van der Waals surface area contributed by atoms with Crippen molar-refractivity contribution in [1.82, 2.24) is 19.1 Å². The zero-order chi connectivity index (χ0) is 25.1. The van der Waals surface area contributed by atoms with Gasteiger partial charge in [-0.1, -0.05) is 17.7 Å². The van der Waals surface area contributed by atoms with Gasteiger partial charge in [-0.15, -0.1) is 0 Å². The highest BCUT2D eigenvalue weighted by Crippen LogP contribution is 2.21. The Bertz CT molecular complexity index is 1500. The van der Waals surface area contributed by atoms with E-state index in [0.29, 0.717) is 11.3 Å². The second-order valence-corrected chi connectivity index (χ2v) is 7.93. The van der Waals surface area contributed by atoms with Crippen LogP contribution in [0.5, 0.6) is 17.2 Å². The number of aromatic amines is 1. The van der Waals surface area contributed by atoms with Crippen molar-refractivity contribution in [3.05, 3.63) is 74.4 Å². The molecule has 1 atom stereocenters. The van der Waals surface area contributed by atoms with Crippen molar-refractivity contribution in [2.24, 2.45) is 12.1 Å². The van der Waals surface area contributed by atoms with Crippen molar-refractivity contribution in [3.8, 4) is 17.2 Å². The second kappa shape index (κ2) is 9.73. The molecule has 0 aliphatic heterocycles. The summed E-state index contributed by atoms with van der Waals surface area (Å²) in [7, 11) is 1.45. The van der Waals surface area contributed by atoms with E-state index in [-0.39, 0.29) is 41.8 Å². The molecule has 0 saturated carbocycles. The lowest BCUT2D eigenvalue weighted by Crippen LogP contribution is -2.30. The van der Waals surface area contributed by atoms with Crippen molar-refractivity contribution < 1.29 is 20.1 Å². The van der Waals surface area contributed by atoms with Crippen LogP contribution >= 0.6 is 0 Å². The molecule has 35 heavy (non-hydrogen) atoms. The topological polar surface area (TPSA) is 167 Å². The molecule has 2 aromatic carbocycles. The van der Waals surface area contributed by atoms with E-state index in [1.54, 1.807) is 12.1 Å². The van der Waals surface area contributed by atoms with Crippen LogP contribution in [0.1, 0.15) is 11.1 Å². The highest BCUT2D eigenvalue weighted by atomic mass is 16.5. The van der Waals surface area contributed by atoms with Crippen LogP contribution in [0, 0.1) is 6.92 Å². The molecule has 0 aliphatic carbocycles. The van der Waals surface area contributed by atoms with E-state index in [1.165, 1.54) is 34.5 Å². The number of rotatable bonds is 8. The van der Waals surface area contributed by atoms with Crippen LogP contribution in [0.4, 0.5) is 5.95 Å². The summed E-state index contributed by atoms with van der Waals surface area (Å²) >= 11 is 0. The number of phenolic OH excluding ortho intramolecular Hbond substituents is 2. The summed E-state index contributed by atoms with van der Waals surface area (Å²) in [5.74, 6) is 0.376. The number of nitrogens with one attached hydrogen (secondary N) is 2. The maximum absolute atomic E-state index is 12.6. The van der Waals surface area contributed by atoms with E-state index in [2.05, 4.69) is 20.5 Å². The number of aliphatic hydroxyl groups is 1. The molecular weight excluding hydrogens is 456 g/mol. The van der Waals surface area contributed by atoms with Gasteiger partial charge in [-0.3, -0.25) is 14.3 Å². The first-order valence-corrected chi connectivity index (χ1v) is 10.6. The standard InChI is InChI=1S/C23H24N6O6/c1-13-3-7-17(8-4-13)35-12-16(31)11-29-19-20(28(2)23(34)26-21(19)33)25-22(29)27-24-10-14-5-6-15(30)9-18(14)32/h3-10,16,30-32H,11-12H2,1-2H3,(H,25,27)(H,26,33,34)/b24-10+. The average Bonchev–Trinajstić information content (AvgIpc) is 3.17. The largest absolute Gasteiger partial charge is 0.508 e. The van der Waals surface area contributed by atoms with Crippen LogP contribution in [-0.4, -0.2) is 53.3 Å². The first-order valence-electron chi connectivity index (χ1n) is 10.6. The highest BCUT2D eigenvalue weighted by molar-refractivity contribution is 5.84. The normalized spacial score (nSPS) is 12.3. The van der Waals surface area contributed by atoms with Gasteiger partial charge < -0.3 is 24.6 Å². The minimum atomic E-state index is -1.03. The summed E-state index contributed by atoms with van der Waals surface area (Å²) in [4.78, 5) is 31.2. The number of ether oxygens (including phenoxy) is 1. The molecule has 12 heteroatoms. The number of hydrazone groups is 1. The molecule has 4 rings (SSSR count). The maximum Gasteiger partial charge on any atom is 0.329 e. The monoisotopic (exact) mass is 480 g/mol. The van der Waals surface area contributed by atoms with Crippen LogP contribution in [-0.2, 0) is 13.6 Å². The van der Waals surface area contributed by atoms with Gasteiger partial charge in [0, 0.05) is 18.7 Å². The number of benzene rings is 2. The van der Waals surface area contributed by atoms with Gasteiger partial charge >= 0.3 is 5.69 Å². The number of H-pyrrole nitrogens is 1. The molecule has 4 aromatic rings. The van der Waals surface area contributed by atoms with Crippen LogP contribution in [0.15, 0.2) is 57.2 Å². The summed E-state index contributed by atoms with van der Waals surface area (Å²) in [6.45, 7) is 1.80. The molecule has 1 unspecified atom stereocenters. The van der Waals surface area contributed by atoms with Crippen molar-refractivity contribution >= 4 is 23.3 Å². The first kappa shape index (κ1) is 23.6. The molecule has 0 amide bonds. The minimum Gasteiger partial charge on any atom is -0.508 e. The summed E-state index contributed by atoms with van der Waals surface area (Å²) in [6.07, 6.45) is 0.259. The predicted molar refractivity (Wildman–Crippen MR) is 129 cm³/mol. The van der Waals surface area contributed by atoms with Gasteiger partial charge in [0.2, 0.25) is 5.95 Å². The van der Waals surface area contributed by atoms with Crippen molar-refractivity contribution in [3.63, 3.8) is 0 Å². The quantitative estimate of drug-likeness (QED) is 0.184. The van der Waals surface area contributed by atoms with Crippen LogP contribution < -0.4 is 21.4 Å². The summed E-state index contributed by atoms with van der Waals surface area (Å²) in [5, 5.41) is 34.0. The Morgan fingerprint density at radius 1 is 1.20 bits per heavy atom. The van der Waals surface area contributed by atoms with Crippen molar-refractivity contribution in [2.75, 3.05) is 12.0 Å². The summed E-state index contributed by atoms with van der Waals surface area (Å²) in [6, 6.07) is 11.4. The fourth-order valence-electron chi connectivity index (χ4n) is 3.39. The molecule has 0 bridgehead atoms. The minimum absolute atomic E-state index is 0.0590. The number of hydrogen-bond donors (Lipinski definition) is 5. The van der Waals surface area contributed by atoms with Gasteiger partial charge in [-0.2, -0.15) is 10.1 Å². The first-order chi connectivity index (χ1) is 16.7. The second-order valence-electron chi connectivity index (χ2n) is 7.93. The average molecular weight is 480 g/mol. The van der Waals surface area contributed by atoms with E-state index in [4.69, 9.17) is 4.74 Å². The Labute approximate surface area is 198 Å². The lowest BCUT2D eigenvalue weighted by atomic mass is 10.2. The van der Waals surface area contributed by atoms with E-state index < -0.39 is 17.4 Å². The number of nitrogens with zero attached hydrogens (tertiary/aromatic N) is 4. The number of aromatic hydroxyl groups is 2. The third-order valence-electron chi connectivity index (χ3n) is 5.25. The van der Waals surface area contributed by atoms with Crippen LogP contribution in [0.3, 0.4) is 0 Å². The number of imidazole rings is 1. The lowest BCUT2D eigenvalue weighted by molar-refractivity contribution is 0.0938. The van der Waals surface area contributed by atoms with E-state index in [0.717, 1.165) is 11.6 Å². The zero-order valence-corrected chi connectivity index (χ0v) is 19.0. The van der Waals surface area contributed by atoms with Gasteiger partial charge in [0.25, 0.3) is 5.56 Å². The Hall–Kier alpha value is -4.58. The molecule has 0 aliphatic rings. The molecule has 2 aromatic heterocycles. The van der Waals surface area contributed by atoms with Crippen LogP contribution in [0.25, 0.3) is 11.2 Å². The van der Waals surface area contributed by atoms with Gasteiger partial charge in [0.05, 0.1) is 12.8 Å². The zero-order valence-electron chi connectivity index (χ0n) is 19.0. The molecule has 0 fully saturated rings. The molecule has 5 N–H and O–H groups in total. The molecule has 0 saturated heterocycles. The van der Waals surface area contributed by atoms with Gasteiger partial charge in [-0.05, 0) is 31.2 Å². The number of aromatic nitrogens is 4. The van der Waals surface area contributed by atoms with E-state index in [9.17, 15) is 24.9 Å². The predicted octanol–water partition coefficient (Wildman–Crippen LogP) is 1.03. The number of aryl methyl sites for hydroxylation is 2. The number of anilines is 1. The van der Waals surface area contributed by atoms with Crippen molar-refractivity contribution in [2.45, 2.75) is 19.6 Å². The smallest absolute Gasteiger partial charge is 0.329 e. The third-order valence-corrected chi connectivity index (χ3v) is 5.25. The molecular formula is C23H24N6O6. The van der Waals surface area contributed by atoms with Gasteiger partial charge in [0.1, 0.15) is 30.0 Å². The Morgan fingerprint density at radius 3 is 2.66 bits per heavy atom. The number of hydrogen-bond acceptors (Lipinski definition) is 9. The number of aliphatic hydroxyl groups excluding tert-OH is 1. The summed E-state index contributed by atoms with van der Waals surface area (Å²) in [5.41, 5.74) is 2.91. The third kappa shape index (κ3) is 5.17. The lowest BCUT2D eigenvalue weighted by Gasteiger charge is -2.15. The Kier molecular flexibility index (Phi) is 6.55. The van der Waals surface area contributed by atoms with E-state index >= 15 is 0 Å². The fraction of sp³-hybridized carbons (Fsp3) is 0.217. The summed E-state index contributed by atoms with van der Waals surface area (Å²) < 4.78 is 8.20. The molecule has 182 valence electrons. The highest BCUT2D eigenvalue weighted by Gasteiger charge is 2.20. The maximum atomic E-state index is 12.6. The molecule has 2 heterocycles. The van der Waals surface area contributed by atoms with Gasteiger partial charge in [0.15, 0.2) is 11.2 Å². The Morgan fingerprint density at radius 2 is 1.94 bits per heavy atom. The van der Waals surface area contributed by atoms with Gasteiger partial charge in [-0.25, -0.2) is 10.2 Å². The van der Waals surface area contributed by atoms with Crippen LogP contribution in [0.2, 0.25) is 0 Å². The molecule has 12 nitrogen and oxygen atoms in total. The van der Waals surface area contributed by atoms with E-state index in [1.807, 2.05) is 19.1 Å². The van der Waals surface area contributed by atoms with Crippen molar-refractivity contribution in [1.29, 1.82) is 0 Å². The molecule has 0 radical (unpaired) electrons. The SMILES string of the molecule is Cc1ccc(OCC(O)Cn2c(N/N=C/c3ccc(O)cc3O)nc3c2c(=O)[nH]c(=O)n3C)cc1.